The summed E-state index contributed by atoms with van der Waals surface area (Å²) in [7, 11) is 1.39. The number of nitrogens with one attached hydrogen (secondary N) is 1. The lowest BCUT2D eigenvalue weighted by molar-refractivity contribution is -0.139. The Labute approximate surface area is 108 Å². The highest BCUT2D eigenvalue weighted by atomic mass is 16.5. The third-order valence-electron chi connectivity index (χ3n) is 2.85. The molecule has 0 aliphatic heterocycles. The van der Waals surface area contributed by atoms with Crippen LogP contribution in [-0.2, 0) is 22.5 Å². The summed E-state index contributed by atoms with van der Waals surface area (Å²) in [4.78, 5) is 11.3. The molecule has 0 aliphatic carbocycles. The maximum atomic E-state index is 11.3. The molecule has 1 rings (SSSR count). The maximum Gasteiger partial charge on any atom is 0.309 e. The number of ether oxygens (including phenoxy) is 1. The second-order valence-corrected chi connectivity index (χ2v) is 4.21. The molecule has 2 N–H and O–H groups in total. The number of aliphatic hydroxyl groups excluding tert-OH is 1. The van der Waals surface area contributed by atoms with Crippen LogP contribution in [0.1, 0.15) is 24.5 Å². The second-order valence-electron chi connectivity index (χ2n) is 4.21. The summed E-state index contributed by atoms with van der Waals surface area (Å²) in [6.45, 7) is 3.14. The van der Waals surface area contributed by atoms with Crippen molar-refractivity contribution in [1.82, 2.24) is 5.32 Å². The molecule has 1 atom stereocenters. The molecule has 0 spiro atoms. The third-order valence-corrected chi connectivity index (χ3v) is 2.85. The number of hydrogen-bond acceptors (Lipinski definition) is 4. The lowest BCUT2D eigenvalue weighted by atomic mass is 10.0. The number of aliphatic hydroxyl groups is 1. The van der Waals surface area contributed by atoms with Crippen LogP contribution in [-0.4, -0.2) is 30.8 Å². The van der Waals surface area contributed by atoms with Crippen LogP contribution < -0.4 is 5.32 Å². The Morgan fingerprint density at radius 1 is 1.39 bits per heavy atom. The van der Waals surface area contributed by atoms with Gasteiger partial charge in [-0.25, -0.2) is 0 Å². The van der Waals surface area contributed by atoms with Crippen molar-refractivity contribution in [1.29, 1.82) is 0 Å². The molecule has 1 aromatic carbocycles. The quantitative estimate of drug-likeness (QED) is 0.716. The molecule has 0 aromatic heterocycles. The van der Waals surface area contributed by atoms with Gasteiger partial charge in [0.05, 0.1) is 19.6 Å². The van der Waals surface area contributed by atoms with Gasteiger partial charge in [-0.1, -0.05) is 31.2 Å². The van der Waals surface area contributed by atoms with Crippen molar-refractivity contribution in [3.8, 4) is 0 Å². The van der Waals surface area contributed by atoms with Gasteiger partial charge in [0.25, 0.3) is 0 Å². The molecule has 4 heteroatoms. The zero-order valence-electron chi connectivity index (χ0n) is 11.0. The number of carbonyl (C=O) groups is 1. The maximum absolute atomic E-state index is 11.3. The van der Waals surface area contributed by atoms with Crippen LogP contribution in [0.4, 0.5) is 0 Å². The number of rotatable bonds is 7. The molecule has 0 fully saturated rings. The predicted octanol–water partition coefficient (Wildman–Crippen LogP) is 1.26. The van der Waals surface area contributed by atoms with E-state index in [0.29, 0.717) is 13.1 Å². The van der Waals surface area contributed by atoms with Crippen LogP contribution in [0.5, 0.6) is 0 Å². The number of esters is 1. The standard InChI is InChI=1S/C14H21NO3/c1-3-13(16)10-15-9-12-7-5-4-6-11(12)8-14(17)18-2/h4-7,13,15-16H,3,8-10H2,1-2H3. The van der Waals surface area contributed by atoms with E-state index in [9.17, 15) is 9.90 Å². The number of hydrogen-bond donors (Lipinski definition) is 2. The Kier molecular flexibility index (Phi) is 6.39. The fourth-order valence-electron chi connectivity index (χ4n) is 1.65. The van der Waals surface area contributed by atoms with Crippen molar-refractivity contribution >= 4 is 5.97 Å². The van der Waals surface area contributed by atoms with E-state index in [1.807, 2.05) is 31.2 Å². The third kappa shape index (κ3) is 4.85. The average molecular weight is 251 g/mol. The molecule has 0 radical (unpaired) electrons. The molecule has 4 nitrogen and oxygen atoms in total. The molecule has 0 amide bonds. The highest BCUT2D eigenvalue weighted by Gasteiger charge is 2.08. The highest BCUT2D eigenvalue weighted by molar-refractivity contribution is 5.72. The Hall–Kier alpha value is -1.39. The Morgan fingerprint density at radius 3 is 2.67 bits per heavy atom. The van der Waals surface area contributed by atoms with E-state index in [1.165, 1.54) is 7.11 Å². The molecule has 0 heterocycles. The lowest BCUT2D eigenvalue weighted by Crippen LogP contribution is -2.26. The van der Waals surface area contributed by atoms with E-state index in [-0.39, 0.29) is 18.5 Å². The van der Waals surface area contributed by atoms with Gasteiger partial charge in [-0.15, -0.1) is 0 Å². The van der Waals surface area contributed by atoms with Crippen molar-refractivity contribution < 1.29 is 14.6 Å². The van der Waals surface area contributed by atoms with Crippen molar-refractivity contribution in [3.63, 3.8) is 0 Å². The van der Waals surface area contributed by atoms with Crippen molar-refractivity contribution in [2.24, 2.45) is 0 Å². The number of carbonyl (C=O) groups excluding carboxylic acids is 1. The van der Waals surface area contributed by atoms with E-state index < -0.39 is 0 Å². The first kappa shape index (κ1) is 14.7. The lowest BCUT2D eigenvalue weighted by Gasteiger charge is -2.12. The van der Waals surface area contributed by atoms with Gasteiger partial charge in [0.2, 0.25) is 0 Å². The minimum Gasteiger partial charge on any atom is -0.469 e. The minimum atomic E-state index is -0.322. The van der Waals surface area contributed by atoms with E-state index in [0.717, 1.165) is 17.5 Å². The fourth-order valence-corrected chi connectivity index (χ4v) is 1.65. The summed E-state index contributed by atoms with van der Waals surface area (Å²) in [5.41, 5.74) is 2.02. The molecule has 1 unspecified atom stereocenters. The summed E-state index contributed by atoms with van der Waals surface area (Å²) >= 11 is 0. The Balaban J connectivity index is 2.56. The van der Waals surface area contributed by atoms with Crippen LogP contribution in [0, 0.1) is 0 Å². The van der Waals surface area contributed by atoms with Gasteiger partial charge < -0.3 is 15.2 Å². The summed E-state index contributed by atoms with van der Waals surface area (Å²) in [6, 6.07) is 7.74. The average Bonchev–Trinajstić information content (AvgIpc) is 2.40. The van der Waals surface area contributed by atoms with E-state index in [1.54, 1.807) is 0 Å². The first-order valence-electron chi connectivity index (χ1n) is 6.19. The fraction of sp³-hybridized carbons (Fsp3) is 0.500. The smallest absolute Gasteiger partial charge is 0.309 e. The SMILES string of the molecule is CCC(O)CNCc1ccccc1CC(=O)OC. The highest BCUT2D eigenvalue weighted by Crippen LogP contribution is 2.10. The first-order chi connectivity index (χ1) is 8.67. The minimum absolute atomic E-state index is 0.240. The normalized spacial score (nSPS) is 12.2. The van der Waals surface area contributed by atoms with Crippen LogP contribution in [0.15, 0.2) is 24.3 Å². The van der Waals surface area contributed by atoms with Crippen LogP contribution in [0.3, 0.4) is 0 Å². The summed E-state index contributed by atoms with van der Waals surface area (Å²) < 4.78 is 4.67. The van der Waals surface area contributed by atoms with Gasteiger partial charge in [-0.3, -0.25) is 4.79 Å². The van der Waals surface area contributed by atoms with Crippen molar-refractivity contribution in [2.45, 2.75) is 32.4 Å². The zero-order chi connectivity index (χ0) is 13.4. The van der Waals surface area contributed by atoms with Crippen LogP contribution >= 0.6 is 0 Å². The van der Waals surface area contributed by atoms with Gasteiger partial charge in [-0.2, -0.15) is 0 Å². The zero-order valence-corrected chi connectivity index (χ0v) is 11.0. The summed E-state index contributed by atoms with van der Waals surface area (Å²) in [5, 5.41) is 12.6. The van der Waals surface area contributed by atoms with Gasteiger partial charge in [0.15, 0.2) is 0 Å². The van der Waals surface area contributed by atoms with E-state index in [4.69, 9.17) is 0 Å². The van der Waals surface area contributed by atoms with Crippen molar-refractivity contribution in [3.05, 3.63) is 35.4 Å². The number of methoxy groups -OCH3 is 1. The predicted molar refractivity (Wildman–Crippen MR) is 70.2 cm³/mol. The van der Waals surface area contributed by atoms with Gasteiger partial charge in [0.1, 0.15) is 0 Å². The molecule has 1 aromatic rings. The molecule has 18 heavy (non-hydrogen) atoms. The van der Waals surface area contributed by atoms with Gasteiger partial charge in [0, 0.05) is 13.1 Å². The van der Waals surface area contributed by atoms with Crippen LogP contribution in [0.2, 0.25) is 0 Å². The molecule has 0 saturated carbocycles. The first-order valence-corrected chi connectivity index (χ1v) is 6.19. The largest absolute Gasteiger partial charge is 0.469 e. The van der Waals surface area contributed by atoms with E-state index in [2.05, 4.69) is 10.1 Å². The topological polar surface area (TPSA) is 58.6 Å². The molecule has 0 saturated heterocycles. The molecular weight excluding hydrogens is 230 g/mol. The van der Waals surface area contributed by atoms with E-state index >= 15 is 0 Å². The Morgan fingerprint density at radius 2 is 2.06 bits per heavy atom. The Bertz CT molecular complexity index is 379. The summed E-state index contributed by atoms with van der Waals surface area (Å²) in [5.74, 6) is -0.240. The number of benzene rings is 1. The van der Waals surface area contributed by atoms with Gasteiger partial charge >= 0.3 is 5.97 Å². The monoisotopic (exact) mass is 251 g/mol. The van der Waals surface area contributed by atoms with Crippen molar-refractivity contribution in [2.75, 3.05) is 13.7 Å². The van der Waals surface area contributed by atoms with Gasteiger partial charge in [-0.05, 0) is 17.5 Å². The molecular formula is C14H21NO3. The molecule has 0 aliphatic rings. The molecule has 0 bridgehead atoms. The second kappa shape index (κ2) is 7.84. The molecule has 100 valence electrons. The van der Waals surface area contributed by atoms with Crippen LogP contribution in [0.25, 0.3) is 0 Å². The summed E-state index contributed by atoms with van der Waals surface area (Å²) in [6.07, 6.45) is 0.694.